The number of para-hydroxylation sites is 1. The molecule has 0 unspecified atom stereocenters. The number of carbonyl (C=O) groups is 1. The summed E-state index contributed by atoms with van der Waals surface area (Å²) < 4.78 is 42.8. The maximum Gasteiger partial charge on any atom is 0.573 e. The van der Waals surface area contributed by atoms with E-state index in [1.807, 2.05) is 0 Å². The number of amides is 1. The Balaban J connectivity index is 1.57. The third-order valence-corrected chi connectivity index (χ3v) is 4.69. The molecule has 0 radical (unpaired) electrons. The van der Waals surface area contributed by atoms with Gasteiger partial charge in [0, 0.05) is 17.1 Å². The molecular weight excluding hydrogens is 431 g/mol. The van der Waals surface area contributed by atoms with E-state index in [0.717, 1.165) is 11.8 Å². The first-order valence-electron chi connectivity index (χ1n) is 8.09. The molecule has 0 fully saturated rings. The molecule has 12 heteroatoms. The van der Waals surface area contributed by atoms with Gasteiger partial charge in [0.25, 0.3) is 0 Å². The molecule has 3 rings (SSSR count). The average molecular weight is 444 g/mol. The summed E-state index contributed by atoms with van der Waals surface area (Å²) >= 11 is 6.94. The number of nitrogens with zero attached hydrogens (tertiary/aromatic N) is 4. The van der Waals surface area contributed by atoms with Crippen LogP contribution in [-0.2, 0) is 11.3 Å². The highest BCUT2D eigenvalue weighted by molar-refractivity contribution is 7.99. The Morgan fingerprint density at radius 1 is 1.17 bits per heavy atom. The van der Waals surface area contributed by atoms with Crippen molar-refractivity contribution in [2.75, 3.05) is 5.75 Å². The van der Waals surface area contributed by atoms with Crippen molar-refractivity contribution in [1.29, 1.82) is 0 Å². The van der Waals surface area contributed by atoms with Crippen molar-refractivity contribution >= 4 is 29.3 Å². The molecule has 3 aromatic rings. The lowest BCUT2D eigenvalue weighted by atomic mass is 10.2. The van der Waals surface area contributed by atoms with Crippen LogP contribution in [0.2, 0.25) is 5.02 Å². The number of nitrogens with one attached hydrogen (secondary N) is 1. The van der Waals surface area contributed by atoms with Gasteiger partial charge in [-0.1, -0.05) is 41.6 Å². The topological polar surface area (TPSA) is 81.9 Å². The van der Waals surface area contributed by atoms with Gasteiger partial charge in [0.05, 0.1) is 11.4 Å². The first kappa shape index (κ1) is 20.9. The van der Waals surface area contributed by atoms with E-state index in [1.54, 1.807) is 30.3 Å². The Morgan fingerprint density at radius 2 is 1.90 bits per heavy atom. The smallest absolute Gasteiger partial charge is 0.405 e. The fourth-order valence-electron chi connectivity index (χ4n) is 2.26. The van der Waals surface area contributed by atoms with Crippen LogP contribution in [0.15, 0.2) is 53.7 Å². The second-order valence-electron chi connectivity index (χ2n) is 5.57. The monoisotopic (exact) mass is 443 g/mol. The van der Waals surface area contributed by atoms with Crippen LogP contribution in [0, 0.1) is 0 Å². The van der Waals surface area contributed by atoms with Crippen molar-refractivity contribution in [1.82, 2.24) is 25.5 Å². The zero-order valence-electron chi connectivity index (χ0n) is 14.6. The maximum absolute atomic E-state index is 12.5. The summed E-state index contributed by atoms with van der Waals surface area (Å²) in [7, 11) is 0. The summed E-state index contributed by atoms with van der Waals surface area (Å²) in [5, 5.41) is 14.8. The molecule has 0 spiro atoms. The number of benzene rings is 2. The lowest BCUT2D eigenvalue weighted by molar-refractivity contribution is -0.274. The van der Waals surface area contributed by atoms with E-state index in [-0.39, 0.29) is 23.6 Å². The maximum atomic E-state index is 12.5. The predicted molar refractivity (Wildman–Crippen MR) is 99.9 cm³/mol. The number of thioether (sulfide) groups is 1. The van der Waals surface area contributed by atoms with E-state index in [4.69, 9.17) is 11.6 Å². The van der Waals surface area contributed by atoms with Crippen LogP contribution in [0.5, 0.6) is 5.75 Å². The van der Waals surface area contributed by atoms with Crippen LogP contribution in [0.4, 0.5) is 13.2 Å². The summed E-state index contributed by atoms with van der Waals surface area (Å²) in [6.45, 7) is -0.117. The van der Waals surface area contributed by atoms with Gasteiger partial charge in [-0.2, -0.15) is 4.68 Å². The van der Waals surface area contributed by atoms with Gasteiger partial charge in [-0.15, -0.1) is 18.3 Å². The largest absolute Gasteiger partial charge is 0.573 e. The molecule has 1 amide bonds. The molecule has 0 aliphatic rings. The van der Waals surface area contributed by atoms with Gasteiger partial charge < -0.3 is 10.1 Å². The quantitative estimate of drug-likeness (QED) is 0.562. The zero-order valence-corrected chi connectivity index (χ0v) is 16.1. The molecule has 1 heterocycles. The van der Waals surface area contributed by atoms with Crippen LogP contribution < -0.4 is 10.1 Å². The van der Waals surface area contributed by atoms with Crippen molar-refractivity contribution in [2.24, 2.45) is 0 Å². The lowest BCUT2D eigenvalue weighted by Crippen LogP contribution is -2.26. The molecule has 0 aliphatic carbocycles. The number of carbonyl (C=O) groups excluding carboxylic acids is 1. The minimum absolute atomic E-state index is 0.0315. The zero-order chi connectivity index (χ0) is 20.9. The first-order valence-corrected chi connectivity index (χ1v) is 9.45. The first-order chi connectivity index (χ1) is 13.8. The summed E-state index contributed by atoms with van der Waals surface area (Å²) in [5.41, 5.74) is 0.870. The number of tetrazole rings is 1. The van der Waals surface area contributed by atoms with E-state index < -0.39 is 12.3 Å². The second kappa shape index (κ2) is 9.14. The molecule has 0 saturated carbocycles. The van der Waals surface area contributed by atoms with Gasteiger partial charge in [-0.25, -0.2) is 0 Å². The standard InChI is InChI=1S/C17H13ClF3N5O2S/c18-12-5-7-13(8-6-12)26-16(23-24-25-26)29-10-15(27)22-9-11-3-1-2-4-14(11)28-17(19,20)21/h1-8H,9-10H2,(H,22,27). The fourth-order valence-corrected chi connectivity index (χ4v) is 3.11. The minimum Gasteiger partial charge on any atom is -0.405 e. The highest BCUT2D eigenvalue weighted by atomic mass is 35.5. The molecule has 152 valence electrons. The van der Waals surface area contributed by atoms with Crippen molar-refractivity contribution in [3.05, 3.63) is 59.1 Å². The minimum atomic E-state index is -4.81. The Kier molecular flexibility index (Phi) is 6.60. The third-order valence-electron chi connectivity index (χ3n) is 3.52. The number of rotatable bonds is 7. The highest BCUT2D eigenvalue weighted by Crippen LogP contribution is 2.26. The van der Waals surface area contributed by atoms with Gasteiger partial charge in [-0.3, -0.25) is 4.79 Å². The number of hydrogen-bond acceptors (Lipinski definition) is 6. The van der Waals surface area contributed by atoms with Gasteiger partial charge in [-0.05, 0) is 40.8 Å². The van der Waals surface area contributed by atoms with E-state index >= 15 is 0 Å². The predicted octanol–water partition coefficient (Wildman–Crippen LogP) is 3.62. The molecular formula is C17H13ClF3N5O2S. The van der Waals surface area contributed by atoms with E-state index in [1.165, 1.54) is 22.9 Å². The van der Waals surface area contributed by atoms with Crippen LogP contribution in [0.1, 0.15) is 5.56 Å². The number of aromatic nitrogens is 4. The number of halogens is 4. The fraction of sp³-hybridized carbons (Fsp3) is 0.176. The number of ether oxygens (including phenoxy) is 1. The Hall–Kier alpha value is -2.79. The summed E-state index contributed by atoms with van der Waals surface area (Å²) in [4.78, 5) is 12.1. The SMILES string of the molecule is O=C(CSc1nnnn1-c1ccc(Cl)cc1)NCc1ccccc1OC(F)(F)F. The molecule has 7 nitrogen and oxygen atoms in total. The molecule has 0 aliphatic heterocycles. The van der Waals surface area contributed by atoms with Gasteiger partial charge >= 0.3 is 6.36 Å². The molecule has 0 bridgehead atoms. The van der Waals surface area contributed by atoms with Crippen molar-refractivity contribution in [2.45, 2.75) is 18.1 Å². The van der Waals surface area contributed by atoms with Crippen LogP contribution in [0.3, 0.4) is 0 Å². The normalized spacial score (nSPS) is 11.3. The third kappa shape index (κ3) is 6.09. The number of alkyl halides is 3. The Morgan fingerprint density at radius 3 is 2.62 bits per heavy atom. The van der Waals surface area contributed by atoms with Gasteiger partial charge in [0.1, 0.15) is 5.75 Å². The van der Waals surface area contributed by atoms with Crippen molar-refractivity contribution < 1.29 is 22.7 Å². The van der Waals surface area contributed by atoms with Crippen LogP contribution in [-0.4, -0.2) is 38.2 Å². The lowest BCUT2D eigenvalue weighted by Gasteiger charge is -2.13. The van der Waals surface area contributed by atoms with Crippen LogP contribution >= 0.6 is 23.4 Å². The molecule has 0 saturated heterocycles. The highest BCUT2D eigenvalue weighted by Gasteiger charge is 2.32. The summed E-state index contributed by atoms with van der Waals surface area (Å²) in [5.74, 6) is -0.793. The summed E-state index contributed by atoms with van der Waals surface area (Å²) in [6, 6.07) is 12.4. The van der Waals surface area contributed by atoms with E-state index in [2.05, 4.69) is 25.6 Å². The van der Waals surface area contributed by atoms with Crippen molar-refractivity contribution in [3.8, 4) is 11.4 Å². The van der Waals surface area contributed by atoms with Gasteiger partial charge in [0.2, 0.25) is 11.1 Å². The van der Waals surface area contributed by atoms with E-state index in [9.17, 15) is 18.0 Å². The molecule has 2 aromatic carbocycles. The Bertz CT molecular complexity index is 982. The molecule has 29 heavy (non-hydrogen) atoms. The van der Waals surface area contributed by atoms with E-state index in [0.29, 0.717) is 15.9 Å². The molecule has 1 N–H and O–H groups in total. The van der Waals surface area contributed by atoms with Crippen LogP contribution in [0.25, 0.3) is 5.69 Å². The molecule has 1 aromatic heterocycles. The number of hydrogen-bond donors (Lipinski definition) is 1. The average Bonchev–Trinajstić information content (AvgIpc) is 3.13. The second-order valence-corrected chi connectivity index (χ2v) is 6.95. The molecule has 0 atom stereocenters. The van der Waals surface area contributed by atoms with Crippen molar-refractivity contribution in [3.63, 3.8) is 0 Å². The summed E-state index contributed by atoms with van der Waals surface area (Å²) in [6.07, 6.45) is -4.81. The Labute approximate surface area is 172 Å². The van der Waals surface area contributed by atoms with Gasteiger partial charge in [0.15, 0.2) is 0 Å².